The molecule has 4 rings (SSSR count). The van der Waals surface area contributed by atoms with Gasteiger partial charge in [0.05, 0.1) is 0 Å². The topological polar surface area (TPSA) is 75.4 Å². The number of carbonyl (C=O) groups is 1. The summed E-state index contributed by atoms with van der Waals surface area (Å²) in [6.07, 6.45) is 3.28. The van der Waals surface area contributed by atoms with Crippen LogP contribution in [-0.2, 0) is 0 Å². The molecule has 1 fully saturated rings. The molecule has 3 aromatic rings. The number of aromatic nitrogens is 3. The Morgan fingerprint density at radius 2 is 1.85 bits per heavy atom. The average Bonchev–Trinajstić information content (AvgIpc) is 3.18. The molecule has 1 aromatic carbocycles. The molecule has 3 heterocycles. The lowest BCUT2D eigenvalue weighted by Gasteiger charge is -2.35. The molecular weight excluding hydrogens is 354 g/mol. The number of pyridine rings is 1. The highest BCUT2D eigenvalue weighted by Crippen LogP contribution is 2.21. The molecule has 1 aliphatic rings. The maximum atomic E-state index is 12.6. The molecule has 1 amide bonds. The molecule has 132 valence electrons. The molecule has 1 aliphatic heterocycles. The van der Waals surface area contributed by atoms with Gasteiger partial charge >= 0.3 is 11.8 Å². The number of anilines is 1. The Bertz CT molecular complexity index is 907. The Kier molecular flexibility index (Phi) is 4.53. The molecule has 0 unspecified atom stereocenters. The molecule has 2 aromatic heterocycles. The second-order valence-electron chi connectivity index (χ2n) is 5.92. The fourth-order valence-electron chi connectivity index (χ4n) is 2.90. The van der Waals surface area contributed by atoms with E-state index >= 15 is 0 Å². The summed E-state index contributed by atoms with van der Waals surface area (Å²) in [5, 5.41) is 4.59. The number of rotatable bonds is 3. The first-order valence-corrected chi connectivity index (χ1v) is 8.62. The summed E-state index contributed by atoms with van der Waals surface area (Å²) in [6.45, 7) is 2.60. The molecule has 26 heavy (non-hydrogen) atoms. The molecule has 7 nitrogen and oxygen atoms in total. The number of nitrogens with zero attached hydrogens (tertiary/aromatic N) is 5. The summed E-state index contributed by atoms with van der Waals surface area (Å²) < 4.78 is 5.16. The van der Waals surface area contributed by atoms with Crippen LogP contribution in [0, 0.1) is 0 Å². The van der Waals surface area contributed by atoms with Crippen molar-refractivity contribution in [2.45, 2.75) is 0 Å². The lowest BCUT2D eigenvalue weighted by molar-refractivity contribution is 0.0696. The van der Waals surface area contributed by atoms with Crippen molar-refractivity contribution < 1.29 is 9.32 Å². The third-order valence-corrected chi connectivity index (χ3v) is 4.52. The summed E-state index contributed by atoms with van der Waals surface area (Å²) in [7, 11) is 0. The minimum absolute atomic E-state index is 0.00742. The summed E-state index contributed by atoms with van der Waals surface area (Å²) in [4.78, 5) is 24.7. The lowest BCUT2D eigenvalue weighted by Crippen LogP contribution is -2.48. The van der Waals surface area contributed by atoms with Crippen LogP contribution in [0.25, 0.3) is 11.4 Å². The van der Waals surface area contributed by atoms with Gasteiger partial charge in [0, 0.05) is 54.8 Å². The van der Waals surface area contributed by atoms with E-state index in [4.69, 9.17) is 16.1 Å². The largest absolute Gasteiger partial charge is 0.368 e. The average molecular weight is 370 g/mol. The van der Waals surface area contributed by atoms with Crippen molar-refractivity contribution in [3.8, 4) is 11.4 Å². The second kappa shape index (κ2) is 7.13. The van der Waals surface area contributed by atoms with Crippen molar-refractivity contribution in [1.82, 2.24) is 20.0 Å². The van der Waals surface area contributed by atoms with Gasteiger partial charge in [-0.1, -0.05) is 22.8 Å². The van der Waals surface area contributed by atoms with Gasteiger partial charge in [-0.25, -0.2) is 0 Å². The van der Waals surface area contributed by atoms with Crippen LogP contribution < -0.4 is 4.90 Å². The summed E-state index contributed by atoms with van der Waals surface area (Å²) in [5.41, 5.74) is 1.82. The first kappa shape index (κ1) is 16.5. The fourth-order valence-corrected chi connectivity index (χ4v) is 3.09. The van der Waals surface area contributed by atoms with Crippen molar-refractivity contribution in [1.29, 1.82) is 0 Å². The summed E-state index contributed by atoms with van der Waals surface area (Å²) >= 11 is 6.05. The van der Waals surface area contributed by atoms with Crippen LogP contribution in [-0.4, -0.2) is 52.1 Å². The number of hydrogen-bond acceptors (Lipinski definition) is 6. The third kappa shape index (κ3) is 3.39. The van der Waals surface area contributed by atoms with Crippen molar-refractivity contribution in [2.75, 3.05) is 31.1 Å². The van der Waals surface area contributed by atoms with E-state index in [9.17, 15) is 4.79 Å². The van der Waals surface area contributed by atoms with Gasteiger partial charge in [-0.05, 0) is 30.3 Å². The molecule has 0 aliphatic carbocycles. The molecular formula is C18H16ClN5O2. The maximum absolute atomic E-state index is 12.6. The monoisotopic (exact) mass is 369 g/mol. The molecule has 0 bridgehead atoms. The number of amides is 1. The molecule has 0 atom stereocenters. The van der Waals surface area contributed by atoms with E-state index in [2.05, 4.69) is 20.0 Å². The van der Waals surface area contributed by atoms with Crippen molar-refractivity contribution in [3.63, 3.8) is 0 Å². The van der Waals surface area contributed by atoms with Gasteiger partial charge in [-0.2, -0.15) is 4.98 Å². The maximum Gasteiger partial charge on any atom is 0.316 e. The standard InChI is InChI=1S/C18H16ClN5O2/c19-14-2-1-3-15(12-14)23-8-10-24(11-9-23)18(25)17-21-16(22-26-17)13-4-6-20-7-5-13/h1-7,12H,8-11H2. The van der Waals surface area contributed by atoms with E-state index in [-0.39, 0.29) is 11.8 Å². The lowest BCUT2D eigenvalue weighted by atomic mass is 10.2. The number of hydrogen-bond donors (Lipinski definition) is 0. The zero-order chi connectivity index (χ0) is 17.9. The van der Waals surface area contributed by atoms with Gasteiger partial charge in [0.1, 0.15) is 0 Å². The van der Waals surface area contributed by atoms with E-state index in [1.54, 1.807) is 29.4 Å². The molecule has 0 N–H and O–H groups in total. The first-order chi connectivity index (χ1) is 12.7. The smallest absolute Gasteiger partial charge is 0.316 e. The Balaban J connectivity index is 1.42. The van der Waals surface area contributed by atoms with Crippen LogP contribution in [0.5, 0.6) is 0 Å². The van der Waals surface area contributed by atoms with E-state index in [0.29, 0.717) is 23.9 Å². The van der Waals surface area contributed by atoms with Crippen molar-refractivity contribution in [3.05, 3.63) is 59.7 Å². The van der Waals surface area contributed by atoms with Crippen LogP contribution >= 0.6 is 11.6 Å². The van der Waals surface area contributed by atoms with E-state index in [1.807, 2.05) is 24.3 Å². The molecule has 0 radical (unpaired) electrons. The van der Waals surface area contributed by atoms with E-state index < -0.39 is 0 Å². The zero-order valence-corrected chi connectivity index (χ0v) is 14.6. The quantitative estimate of drug-likeness (QED) is 0.706. The second-order valence-corrected chi connectivity index (χ2v) is 6.35. The van der Waals surface area contributed by atoms with Crippen molar-refractivity contribution in [2.24, 2.45) is 0 Å². The molecule has 8 heteroatoms. The van der Waals surface area contributed by atoms with E-state index in [1.165, 1.54) is 0 Å². The van der Waals surface area contributed by atoms with Crippen molar-refractivity contribution >= 4 is 23.2 Å². The first-order valence-electron chi connectivity index (χ1n) is 8.24. The van der Waals surface area contributed by atoms with Crippen LogP contribution in [0.15, 0.2) is 53.3 Å². The zero-order valence-electron chi connectivity index (χ0n) is 13.9. The van der Waals surface area contributed by atoms with Crippen LogP contribution in [0.1, 0.15) is 10.7 Å². The molecule has 0 saturated carbocycles. The SMILES string of the molecule is O=C(c1nc(-c2ccncc2)no1)N1CCN(c2cccc(Cl)c2)CC1. The highest BCUT2D eigenvalue weighted by atomic mass is 35.5. The number of piperazine rings is 1. The molecule has 0 spiro atoms. The van der Waals surface area contributed by atoms with Gasteiger partial charge in [0.15, 0.2) is 0 Å². The summed E-state index contributed by atoms with van der Waals surface area (Å²) in [6, 6.07) is 11.3. The predicted octanol–water partition coefficient (Wildman–Crippen LogP) is 2.75. The molecule has 1 saturated heterocycles. The minimum Gasteiger partial charge on any atom is -0.368 e. The third-order valence-electron chi connectivity index (χ3n) is 4.29. The Labute approximate surface area is 155 Å². The minimum atomic E-state index is -0.247. The highest BCUT2D eigenvalue weighted by molar-refractivity contribution is 6.30. The normalized spacial score (nSPS) is 14.5. The highest BCUT2D eigenvalue weighted by Gasteiger charge is 2.26. The predicted molar refractivity (Wildman–Crippen MR) is 97.1 cm³/mol. The Morgan fingerprint density at radius 3 is 2.58 bits per heavy atom. The van der Waals surface area contributed by atoms with Gasteiger partial charge in [0.25, 0.3) is 0 Å². The van der Waals surface area contributed by atoms with Gasteiger partial charge in [0.2, 0.25) is 5.82 Å². The van der Waals surface area contributed by atoms with Crippen LogP contribution in [0.4, 0.5) is 5.69 Å². The van der Waals surface area contributed by atoms with E-state index in [0.717, 1.165) is 24.3 Å². The fraction of sp³-hybridized carbons (Fsp3) is 0.222. The number of halogens is 1. The van der Waals surface area contributed by atoms with Crippen LogP contribution in [0.2, 0.25) is 5.02 Å². The van der Waals surface area contributed by atoms with Gasteiger partial charge < -0.3 is 14.3 Å². The Morgan fingerprint density at radius 1 is 1.08 bits per heavy atom. The van der Waals surface area contributed by atoms with Crippen LogP contribution in [0.3, 0.4) is 0 Å². The number of carbonyl (C=O) groups excluding carboxylic acids is 1. The Hall–Kier alpha value is -2.93. The van der Waals surface area contributed by atoms with Gasteiger partial charge in [-0.3, -0.25) is 9.78 Å². The van der Waals surface area contributed by atoms with Gasteiger partial charge in [-0.15, -0.1) is 0 Å². The number of benzene rings is 1. The summed E-state index contributed by atoms with van der Waals surface area (Å²) in [5.74, 6) is 0.143.